The van der Waals surface area contributed by atoms with E-state index in [4.69, 9.17) is 9.47 Å². The monoisotopic (exact) mass is 236 g/mol. The third-order valence-corrected chi connectivity index (χ3v) is 2.50. The Morgan fingerprint density at radius 1 is 1.18 bits per heavy atom. The summed E-state index contributed by atoms with van der Waals surface area (Å²) in [5, 5.41) is 0. The Morgan fingerprint density at radius 3 is 2.41 bits per heavy atom. The molecule has 0 atom stereocenters. The second-order valence-electron chi connectivity index (χ2n) is 5.18. The summed E-state index contributed by atoms with van der Waals surface area (Å²) in [4.78, 5) is 0. The molecule has 96 valence electrons. The van der Waals surface area contributed by atoms with Crippen LogP contribution in [0.1, 0.15) is 40.2 Å². The molecule has 0 aromatic heterocycles. The molecule has 2 heteroatoms. The van der Waals surface area contributed by atoms with Crippen molar-refractivity contribution in [2.75, 3.05) is 6.61 Å². The van der Waals surface area contributed by atoms with E-state index in [9.17, 15) is 0 Å². The summed E-state index contributed by atoms with van der Waals surface area (Å²) < 4.78 is 11.7. The first kappa shape index (κ1) is 14.0. The van der Waals surface area contributed by atoms with Gasteiger partial charge in [0.25, 0.3) is 0 Å². The third kappa shape index (κ3) is 4.78. The van der Waals surface area contributed by atoms with E-state index in [1.807, 2.05) is 32.0 Å². The highest BCUT2D eigenvalue weighted by atomic mass is 16.5. The molecular weight excluding hydrogens is 212 g/mol. The highest BCUT2D eigenvalue weighted by molar-refractivity contribution is 5.33. The van der Waals surface area contributed by atoms with E-state index in [-0.39, 0.29) is 11.7 Å². The summed E-state index contributed by atoms with van der Waals surface area (Å²) in [5.41, 5.74) is 0.945. The van der Waals surface area contributed by atoms with Crippen molar-refractivity contribution in [3.8, 4) is 5.75 Å². The van der Waals surface area contributed by atoms with Crippen molar-refractivity contribution in [3.63, 3.8) is 0 Å². The molecular formula is C15H24O2. The molecule has 0 saturated heterocycles. The van der Waals surface area contributed by atoms with E-state index in [0.29, 0.717) is 6.61 Å². The van der Waals surface area contributed by atoms with E-state index in [0.717, 1.165) is 12.2 Å². The summed E-state index contributed by atoms with van der Waals surface area (Å²) in [5.74, 6) is 0.965. The van der Waals surface area contributed by atoms with Crippen LogP contribution in [0.4, 0.5) is 0 Å². The number of hydrogen-bond acceptors (Lipinski definition) is 2. The summed E-state index contributed by atoms with van der Waals surface area (Å²) >= 11 is 0. The Bertz CT molecular complexity index is 343. The minimum Gasteiger partial charge on any atom is -0.485 e. The van der Waals surface area contributed by atoms with Crippen LogP contribution in [0.25, 0.3) is 0 Å². The normalized spacial score (nSPS) is 11.9. The van der Waals surface area contributed by atoms with Gasteiger partial charge in [0.05, 0.1) is 12.7 Å². The SMILES string of the molecule is CCc1ccccc1OC(C)(C)COC(C)C. The van der Waals surface area contributed by atoms with Gasteiger partial charge in [0.1, 0.15) is 11.4 Å². The summed E-state index contributed by atoms with van der Waals surface area (Å²) in [6.45, 7) is 10.9. The van der Waals surface area contributed by atoms with Crippen molar-refractivity contribution in [3.05, 3.63) is 29.8 Å². The van der Waals surface area contributed by atoms with Crippen LogP contribution in [0, 0.1) is 0 Å². The van der Waals surface area contributed by atoms with E-state index in [2.05, 4.69) is 26.8 Å². The molecule has 0 heterocycles. The lowest BCUT2D eigenvalue weighted by atomic mass is 10.1. The molecule has 0 radical (unpaired) electrons. The van der Waals surface area contributed by atoms with Crippen molar-refractivity contribution in [1.82, 2.24) is 0 Å². The molecule has 1 aromatic carbocycles. The molecule has 17 heavy (non-hydrogen) atoms. The fourth-order valence-corrected chi connectivity index (χ4v) is 1.59. The van der Waals surface area contributed by atoms with Crippen LogP contribution >= 0.6 is 0 Å². The van der Waals surface area contributed by atoms with E-state index in [1.54, 1.807) is 0 Å². The number of aryl methyl sites for hydroxylation is 1. The Kier molecular flexibility index (Phi) is 5.01. The zero-order valence-corrected chi connectivity index (χ0v) is 11.6. The lowest BCUT2D eigenvalue weighted by molar-refractivity contribution is -0.0280. The molecule has 0 aliphatic heterocycles. The zero-order valence-electron chi connectivity index (χ0n) is 11.6. The quantitative estimate of drug-likeness (QED) is 0.747. The zero-order chi connectivity index (χ0) is 12.9. The van der Waals surface area contributed by atoms with Gasteiger partial charge in [-0.15, -0.1) is 0 Å². The number of benzene rings is 1. The maximum atomic E-state index is 6.05. The minimum atomic E-state index is -0.296. The average molecular weight is 236 g/mol. The third-order valence-electron chi connectivity index (χ3n) is 2.50. The van der Waals surface area contributed by atoms with Crippen LogP contribution in [0.15, 0.2) is 24.3 Å². The molecule has 0 fully saturated rings. The molecule has 0 saturated carbocycles. The first-order valence-electron chi connectivity index (χ1n) is 6.33. The molecule has 0 aliphatic carbocycles. The maximum absolute atomic E-state index is 6.05. The number of ether oxygens (including phenoxy) is 2. The van der Waals surface area contributed by atoms with Gasteiger partial charge in [0, 0.05) is 0 Å². The van der Waals surface area contributed by atoms with Crippen LogP contribution in [-0.2, 0) is 11.2 Å². The van der Waals surface area contributed by atoms with Gasteiger partial charge in [-0.25, -0.2) is 0 Å². The second kappa shape index (κ2) is 6.06. The van der Waals surface area contributed by atoms with Crippen LogP contribution in [0.3, 0.4) is 0 Å². The number of para-hydroxylation sites is 1. The largest absolute Gasteiger partial charge is 0.485 e. The van der Waals surface area contributed by atoms with E-state index < -0.39 is 0 Å². The first-order chi connectivity index (χ1) is 7.94. The van der Waals surface area contributed by atoms with Crippen LogP contribution in [0.5, 0.6) is 5.75 Å². The van der Waals surface area contributed by atoms with Crippen LogP contribution in [0.2, 0.25) is 0 Å². The Balaban J connectivity index is 2.68. The van der Waals surface area contributed by atoms with Crippen LogP contribution < -0.4 is 4.74 Å². The highest BCUT2D eigenvalue weighted by Crippen LogP contribution is 2.23. The van der Waals surface area contributed by atoms with Crippen molar-refractivity contribution in [2.24, 2.45) is 0 Å². The second-order valence-corrected chi connectivity index (χ2v) is 5.18. The molecule has 0 bridgehead atoms. The fraction of sp³-hybridized carbons (Fsp3) is 0.600. The van der Waals surface area contributed by atoms with Gasteiger partial charge in [-0.1, -0.05) is 25.1 Å². The number of hydrogen-bond donors (Lipinski definition) is 0. The summed E-state index contributed by atoms with van der Waals surface area (Å²) in [6, 6.07) is 8.18. The lowest BCUT2D eigenvalue weighted by Gasteiger charge is -2.28. The Hall–Kier alpha value is -1.02. The maximum Gasteiger partial charge on any atom is 0.127 e. The van der Waals surface area contributed by atoms with Gasteiger partial charge in [-0.2, -0.15) is 0 Å². The van der Waals surface area contributed by atoms with Crippen molar-refractivity contribution < 1.29 is 9.47 Å². The molecule has 2 nitrogen and oxygen atoms in total. The molecule has 0 spiro atoms. The lowest BCUT2D eigenvalue weighted by Crippen LogP contribution is -2.35. The molecule has 0 amide bonds. The molecule has 0 N–H and O–H groups in total. The van der Waals surface area contributed by atoms with Gasteiger partial charge in [0.15, 0.2) is 0 Å². The molecule has 0 unspecified atom stereocenters. The van der Waals surface area contributed by atoms with Crippen molar-refractivity contribution in [2.45, 2.75) is 52.7 Å². The summed E-state index contributed by atoms with van der Waals surface area (Å²) in [7, 11) is 0. The average Bonchev–Trinajstić information content (AvgIpc) is 2.27. The number of rotatable bonds is 6. The predicted molar refractivity (Wildman–Crippen MR) is 71.6 cm³/mol. The minimum absolute atomic E-state index is 0.235. The Morgan fingerprint density at radius 2 is 1.82 bits per heavy atom. The van der Waals surface area contributed by atoms with Crippen molar-refractivity contribution in [1.29, 1.82) is 0 Å². The molecule has 0 aliphatic rings. The van der Waals surface area contributed by atoms with Crippen LogP contribution in [-0.4, -0.2) is 18.3 Å². The topological polar surface area (TPSA) is 18.5 Å². The van der Waals surface area contributed by atoms with Gasteiger partial charge in [-0.3, -0.25) is 0 Å². The standard InChI is InChI=1S/C15H24O2/c1-6-13-9-7-8-10-14(13)17-15(4,5)11-16-12(2)3/h7-10,12H,6,11H2,1-5H3. The van der Waals surface area contributed by atoms with Gasteiger partial charge >= 0.3 is 0 Å². The van der Waals surface area contributed by atoms with E-state index in [1.165, 1.54) is 5.56 Å². The molecule has 1 rings (SSSR count). The van der Waals surface area contributed by atoms with E-state index >= 15 is 0 Å². The van der Waals surface area contributed by atoms with Gasteiger partial charge < -0.3 is 9.47 Å². The van der Waals surface area contributed by atoms with Gasteiger partial charge in [-0.05, 0) is 45.7 Å². The predicted octanol–water partition coefficient (Wildman–Crippen LogP) is 3.83. The fourth-order valence-electron chi connectivity index (χ4n) is 1.59. The smallest absolute Gasteiger partial charge is 0.127 e. The first-order valence-corrected chi connectivity index (χ1v) is 6.33. The highest BCUT2D eigenvalue weighted by Gasteiger charge is 2.21. The molecule has 1 aromatic rings. The Labute approximate surface area is 105 Å². The van der Waals surface area contributed by atoms with Crippen molar-refractivity contribution >= 4 is 0 Å². The summed E-state index contributed by atoms with van der Waals surface area (Å²) in [6.07, 6.45) is 1.22. The van der Waals surface area contributed by atoms with Gasteiger partial charge in [0.2, 0.25) is 0 Å².